The number of nitrogens with one attached hydrogen (secondary N) is 1. The minimum absolute atomic E-state index is 0.0948. The van der Waals surface area contributed by atoms with Gasteiger partial charge >= 0.3 is 0 Å². The van der Waals surface area contributed by atoms with E-state index in [9.17, 15) is 9.59 Å². The van der Waals surface area contributed by atoms with Gasteiger partial charge in [-0.25, -0.2) is 0 Å². The van der Waals surface area contributed by atoms with Crippen LogP contribution in [0.5, 0.6) is 0 Å². The number of likely N-dealkylation sites (tertiary alicyclic amines) is 1. The first-order valence-electron chi connectivity index (χ1n) is 7.79. The van der Waals surface area contributed by atoms with Crippen molar-refractivity contribution in [3.05, 3.63) is 42.1 Å². The number of nitrogens with two attached hydrogens (primary N) is 1. The smallest absolute Gasteiger partial charge is 0.253 e. The van der Waals surface area contributed by atoms with Crippen LogP contribution in [0.2, 0.25) is 0 Å². The van der Waals surface area contributed by atoms with E-state index in [1.165, 1.54) is 0 Å². The minimum Gasteiger partial charge on any atom is -0.369 e. The lowest BCUT2D eigenvalue weighted by atomic mass is 10.0. The van der Waals surface area contributed by atoms with Gasteiger partial charge in [0.15, 0.2) is 0 Å². The van der Waals surface area contributed by atoms with E-state index in [0.29, 0.717) is 5.56 Å². The van der Waals surface area contributed by atoms with Gasteiger partial charge in [0.05, 0.1) is 17.6 Å². The van der Waals surface area contributed by atoms with Crippen LogP contribution in [0.3, 0.4) is 0 Å². The van der Waals surface area contributed by atoms with Gasteiger partial charge in [0.1, 0.15) is 0 Å². The fourth-order valence-electron chi connectivity index (χ4n) is 3.01. The van der Waals surface area contributed by atoms with Crippen molar-refractivity contribution in [2.24, 2.45) is 5.73 Å². The van der Waals surface area contributed by atoms with E-state index in [1.807, 2.05) is 29.2 Å². The van der Waals surface area contributed by atoms with Crippen molar-refractivity contribution in [3.8, 4) is 0 Å². The molecular formula is C17H20N4O2. The molecule has 1 saturated heterocycles. The second-order valence-corrected chi connectivity index (χ2v) is 5.87. The van der Waals surface area contributed by atoms with Crippen molar-refractivity contribution >= 4 is 22.7 Å². The maximum Gasteiger partial charge on any atom is 0.253 e. The molecule has 1 aromatic carbocycles. The summed E-state index contributed by atoms with van der Waals surface area (Å²) >= 11 is 0. The zero-order valence-corrected chi connectivity index (χ0v) is 12.9. The third kappa shape index (κ3) is 3.65. The third-order valence-electron chi connectivity index (χ3n) is 4.18. The van der Waals surface area contributed by atoms with Crippen LogP contribution in [-0.2, 0) is 4.79 Å². The Balaban J connectivity index is 1.65. The molecule has 120 valence electrons. The predicted molar refractivity (Wildman–Crippen MR) is 87.9 cm³/mol. The number of fused-ring (bicyclic) bond motifs is 1. The van der Waals surface area contributed by atoms with Crippen LogP contribution in [0.4, 0.5) is 0 Å². The Bertz CT molecular complexity index is 718. The molecule has 0 radical (unpaired) electrons. The standard InChI is InChI=1S/C17H20N4O2/c18-15(22)11-21-9-6-13(7-10-21)20-17(23)14-5-1-3-12-4-2-8-19-16(12)14/h1-5,8,13H,6-7,9-11H2,(H2,18,22)(H,20,23). The second-order valence-electron chi connectivity index (χ2n) is 5.87. The Hall–Kier alpha value is -2.47. The number of amides is 2. The summed E-state index contributed by atoms with van der Waals surface area (Å²) in [6.07, 6.45) is 3.33. The lowest BCUT2D eigenvalue weighted by molar-refractivity contribution is -0.119. The predicted octanol–water partition coefficient (Wildman–Crippen LogP) is 0.914. The van der Waals surface area contributed by atoms with Gasteiger partial charge in [-0.3, -0.25) is 19.5 Å². The fraction of sp³-hybridized carbons (Fsp3) is 0.353. The molecule has 0 saturated carbocycles. The number of para-hydroxylation sites is 1. The maximum atomic E-state index is 12.5. The van der Waals surface area contributed by atoms with Crippen molar-refractivity contribution in [1.29, 1.82) is 0 Å². The van der Waals surface area contributed by atoms with Crippen LogP contribution in [0.15, 0.2) is 36.5 Å². The molecule has 2 aromatic rings. The molecule has 0 atom stereocenters. The number of benzene rings is 1. The summed E-state index contributed by atoms with van der Waals surface area (Å²) in [7, 11) is 0. The second kappa shape index (κ2) is 6.75. The molecule has 1 aliphatic heterocycles. The summed E-state index contributed by atoms with van der Waals surface area (Å²) in [6.45, 7) is 1.82. The van der Waals surface area contributed by atoms with Gasteiger partial charge in [0.25, 0.3) is 5.91 Å². The highest BCUT2D eigenvalue weighted by molar-refractivity contribution is 6.05. The number of aromatic nitrogens is 1. The molecular weight excluding hydrogens is 292 g/mol. The molecule has 0 spiro atoms. The topological polar surface area (TPSA) is 88.3 Å². The van der Waals surface area contributed by atoms with E-state index in [-0.39, 0.29) is 24.4 Å². The first-order chi connectivity index (χ1) is 11.1. The molecule has 23 heavy (non-hydrogen) atoms. The van der Waals surface area contributed by atoms with Crippen molar-refractivity contribution in [3.63, 3.8) is 0 Å². The highest BCUT2D eigenvalue weighted by Gasteiger charge is 2.22. The van der Waals surface area contributed by atoms with E-state index >= 15 is 0 Å². The molecule has 2 amide bonds. The highest BCUT2D eigenvalue weighted by Crippen LogP contribution is 2.17. The van der Waals surface area contributed by atoms with Crippen LogP contribution in [0.25, 0.3) is 10.9 Å². The number of hydrogen-bond donors (Lipinski definition) is 2. The zero-order chi connectivity index (χ0) is 16.2. The van der Waals surface area contributed by atoms with Crippen molar-refractivity contribution in [2.75, 3.05) is 19.6 Å². The van der Waals surface area contributed by atoms with Gasteiger partial charge < -0.3 is 11.1 Å². The summed E-state index contributed by atoms with van der Waals surface area (Å²) in [6, 6.07) is 9.54. The quantitative estimate of drug-likeness (QED) is 0.878. The van der Waals surface area contributed by atoms with Crippen molar-refractivity contribution in [1.82, 2.24) is 15.2 Å². The van der Waals surface area contributed by atoms with Gasteiger partial charge in [-0.1, -0.05) is 18.2 Å². The number of carbonyl (C=O) groups is 2. The van der Waals surface area contributed by atoms with Crippen molar-refractivity contribution < 1.29 is 9.59 Å². The normalized spacial score (nSPS) is 16.3. The lowest BCUT2D eigenvalue weighted by Gasteiger charge is -2.31. The molecule has 3 rings (SSSR count). The summed E-state index contributed by atoms with van der Waals surface area (Å²) in [5, 5.41) is 4.03. The molecule has 0 aliphatic carbocycles. The molecule has 6 nitrogen and oxygen atoms in total. The number of carbonyl (C=O) groups excluding carboxylic acids is 2. The minimum atomic E-state index is -0.311. The maximum absolute atomic E-state index is 12.5. The summed E-state index contributed by atoms with van der Waals surface area (Å²) < 4.78 is 0. The first-order valence-corrected chi connectivity index (χ1v) is 7.79. The average Bonchev–Trinajstić information content (AvgIpc) is 2.55. The van der Waals surface area contributed by atoms with Gasteiger partial charge in [-0.2, -0.15) is 0 Å². The molecule has 1 aliphatic rings. The van der Waals surface area contributed by atoms with E-state index in [0.717, 1.165) is 36.8 Å². The van der Waals surface area contributed by atoms with Crippen LogP contribution >= 0.6 is 0 Å². The molecule has 0 bridgehead atoms. The Kier molecular flexibility index (Phi) is 4.52. The molecule has 1 fully saturated rings. The number of pyridine rings is 1. The van der Waals surface area contributed by atoms with E-state index in [1.54, 1.807) is 12.3 Å². The van der Waals surface area contributed by atoms with E-state index in [4.69, 9.17) is 5.73 Å². The molecule has 1 aromatic heterocycles. The Morgan fingerprint density at radius 2 is 1.96 bits per heavy atom. The van der Waals surface area contributed by atoms with Crippen LogP contribution in [0, 0.1) is 0 Å². The average molecular weight is 312 g/mol. The van der Waals surface area contributed by atoms with E-state index < -0.39 is 0 Å². The number of piperidine rings is 1. The van der Waals surface area contributed by atoms with Crippen molar-refractivity contribution in [2.45, 2.75) is 18.9 Å². The monoisotopic (exact) mass is 312 g/mol. The van der Waals surface area contributed by atoms with Crippen LogP contribution in [0.1, 0.15) is 23.2 Å². The number of nitrogens with zero attached hydrogens (tertiary/aromatic N) is 2. The summed E-state index contributed by atoms with van der Waals surface area (Å²) in [5.41, 5.74) is 6.53. The summed E-state index contributed by atoms with van der Waals surface area (Å²) in [5.74, 6) is -0.406. The fourth-order valence-corrected chi connectivity index (χ4v) is 3.01. The van der Waals surface area contributed by atoms with Gasteiger partial charge in [-0.15, -0.1) is 0 Å². The Morgan fingerprint density at radius 3 is 2.70 bits per heavy atom. The first kappa shape index (κ1) is 15.4. The third-order valence-corrected chi connectivity index (χ3v) is 4.18. The Morgan fingerprint density at radius 1 is 1.22 bits per heavy atom. The molecule has 6 heteroatoms. The molecule has 0 unspecified atom stereocenters. The molecule has 3 N–H and O–H groups in total. The largest absolute Gasteiger partial charge is 0.369 e. The summed E-state index contributed by atoms with van der Waals surface area (Å²) in [4.78, 5) is 29.8. The van der Waals surface area contributed by atoms with Gasteiger partial charge in [0, 0.05) is 30.7 Å². The number of hydrogen-bond acceptors (Lipinski definition) is 4. The zero-order valence-electron chi connectivity index (χ0n) is 12.9. The SMILES string of the molecule is NC(=O)CN1CCC(NC(=O)c2cccc3cccnc23)CC1. The highest BCUT2D eigenvalue weighted by atomic mass is 16.2. The molecule has 2 heterocycles. The number of rotatable bonds is 4. The lowest BCUT2D eigenvalue weighted by Crippen LogP contribution is -2.46. The van der Waals surface area contributed by atoms with E-state index in [2.05, 4.69) is 10.3 Å². The van der Waals surface area contributed by atoms with Crippen LogP contribution < -0.4 is 11.1 Å². The van der Waals surface area contributed by atoms with Gasteiger partial charge in [-0.05, 0) is 25.0 Å². The van der Waals surface area contributed by atoms with Crippen LogP contribution in [-0.4, -0.2) is 47.4 Å². The Labute approximate surface area is 134 Å². The van der Waals surface area contributed by atoms with Gasteiger partial charge in [0.2, 0.25) is 5.91 Å². The number of primary amides is 1.